The number of ether oxygens (including phenoxy) is 1. The van der Waals surface area contributed by atoms with Crippen molar-refractivity contribution in [3.05, 3.63) is 98.6 Å². The number of aryl methyl sites for hydroxylation is 1. The lowest BCUT2D eigenvalue weighted by molar-refractivity contribution is -0.129. The molecular formula is C34H36Br2N4O3S. The first-order chi connectivity index (χ1) is 21.3. The average Bonchev–Trinajstić information content (AvgIpc) is 3.55. The fourth-order valence-corrected chi connectivity index (χ4v) is 8.23. The molecule has 2 aliphatic rings. The molecule has 0 bridgehead atoms. The maximum atomic E-state index is 14.6. The van der Waals surface area contributed by atoms with Crippen molar-refractivity contribution in [2.45, 2.75) is 42.0 Å². The number of carbonyl (C=O) groups is 2. The molecule has 1 aromatic heterocycles. The predicted molar refractivity (Wildman–Crippen MR) is 183 cm³/mol. The molecule has 230 valence electrons. The molecule has 2 aliphatic heterocycles. The Hall–Kier alpha value is -2.63. The van der Waals surface area contributed by atoms with Gasteiger partial charge in [0.05, 0.1) is 25.7 Å². The number of benzene rings is 3. The minimum absolute atomic E-state index is 0.0348. The highest BCUT2D eigenvalue weighted by atomic mass is 79.9. The van der Waals surface area contributed by atoms with Gasteiger partial charge < -0.3 is 19.9 Å². The number of aromatic amines is 1. The maximum absolute atomic E-state index is 14.6. The summed E-state index contributed by atoms with van der Waals surface area (Å²) in [7, 11) is 0. The van der Waals surface area contributed by atoms with E-state index in [9.17, 15) is 9.59 Å². The largest absolute Gasteiger partial charge is 0.379 e. The van der Waals surface area contributed by atoms with Gasteiger partial charge in [-0.05, 0) is 61.9 Å². The summed E-state index contributed by atoms with van der Waals surface area (Å²) in [6, 6.07) is 21.9. The third kappa shape index (κ3) is 6.79. The van der Waals surface area contributed by atoms with Crippen LogP contribution in [0.3, 0.4) is 0 Å². The lowest BCUT2D eigenvalue weighted by Gasteiger charge is -2.36. The molecule has 7 nitrogen and oxygen atoms in total. The number of amides is 2. The third-order valence-electron chi connectivity index (χ3n) is 8.47. The summed E-state index contributed by atoms with van der Waals surface area (Å²) < 4.78 is 6.35. The molecule has 2 fully saturated rings. The standard InChI is InChI=1S/C34H36Br2N4O3S/c1-23-3-10-27(11-4-23)44-34(33(42)37-13-2-14-39-15-17-43-18-16-39)20-31(41)40(22-24-5-7-25(35)8-6-24)32(34)29-21-38-30-19-26(36)9-12-28(29)30/h3-12,19,21,32,38H,2,13-18,20,22H2,1H3,(H,37,42)/t32-,34?/m0/s1. The van der Waals surface area contributed by atoms with Gasteiger partial charge in [0.25, 0.3) is 0 Å². The van der Waals surface area contributed by atoms with Crippen molar-refractivity contribution in [2.75, 3.05) is 39.4 Å². The molecule has 0 spiro atoms. The van der Waals surface area contributed by atoms with Crippen LogP contribution < -0.4 is 5.32 Å². The van der Waals surface area contributed by atoms with Gasteiger partial charge in [-0.2, -0.15) is 0 Å². The van der Waals surface area contributed by atoms with E-state index in [-0.39, 0.29) is 18.2 Å². The van der Waals surface area contributed by atoms with E-state index in [1.807, 2.05) is 47.5 Å². The van der Waals surface area contributed by atoms with Gasteiger partial charge in [-0.3, -0.25) is 14.5 Å². The van der Waals surface area contributed by atoms with Crippen LogP contribution in [0.15, 0.2) is 86.8 Å². The average molecular weight is 741 g/mol. The minimum atomic E-state index is -1.08. The summed E-state index contributed by atoms with van der Waals surface area (Å²) in [5.41, 5.74) is 4.06. The summed E-state index contributed by atoms with van der Waals surface area (Å²) in [6.45, 7) is 7.23. The molecule has 1 unspecified atom stereocenters. The van der Waals surface area contributed by atoms with E-state index in [2.05, 4.69) is 84.3 Å². The van der Waals surface area contributed by atoms with Crippen LogP contribution in [0.2, 0.25) is 0 Å². The van der Waals surface area contributed by atoms with Crippen LogP contribution in [0.5, 0.6) is 0 Å². The van der Waals surface area contributed by atoms with Crippen molar-refractivity contribution in [2.24, 2.45) is 0 Å². The first-order valence-electron chi connectivity index (χ1n) is 15.0. The number of nitrogens with one attached hydrogen (secondary N) is 2. The molecule has 3 heterocycles. The number of likely N-dealkylation sites (tertiary alicyclic amines) is 1. The van der Waals surface area contributed by atoms with Gasteiger partial charge in [-0.15, -0.1) is 11.8 Å². The molecule has 10 heteroatoms. The summed E-state index contributed by atoms with van der Waals surface area (Å²) in [5, 5.41) is 4.28. The molecule has 44 heavy (non-hydrogen) atoms. The quantitative estimate of drug-likeness (QED) is 0.174. The highest BCUT2D eigenvalue weighted by Crippen LogP contribution is 2.54. The van der Waals surface area contributed by atoms with Crippen LogP contribution in [0.25, 0.3) is 10.9 Å². The van der Waals surface area contributed by atoms with E-state index in [1.165, 1.54) is 11.8 Å². The van der Waals surface area contributed by atoms with E-state index in [1.54, 1.807) is 0 Å². The number of carbonyl (C=O) groups excluding carboxylic acids is 2. The van der Waals surface area contributed by atoms with Gasteiger partial charge >= 0.3 is 0 Å². The zero-order valence-electron chi connectivity index (χ0n) is 24.7. The molecule has 2 amide bonds. The van der Waals surface area contributed by atoms with Crippen molar-refractivity contribution >= 4 is 66.3 Å². The minimum Gasteiger partial charge on any atom is -0.379 e. The van der Waals surface area contributed by atoms with Gasteiger partial charge in [-0.25, -0.2) is 0 Å². The maximum Gasteiger partial charge on any atom is 0.239 e. The number of hydrogen-bond acceptors (Lipinski definition) is 5. The van der Waals surface area contributed by atoms with Crippen LogP contribution in [0, 0.1) is 6.92 Å². The van der Waals surface area contributed by atoms with Crippen LogP contribution >= 0.6 is 43.6 Å². The number of fused-ring (bicyclic) bond motifs is 1. The summed E-state index contributed by atoms with van der Waals surface area (Å²) in [5.74, 6) is -0.138. The molecule has 3 aromatic carbocycles. The molecule has 2 atom stereocenters. The van der Waals surface area contributed by atoms with E-state index in [0.29, 0.717) is 13.1 Å². The highest BCUT2D eigenvalue weighted by molar-refractivity contribution is 9.10. The second-order valence-electron chi connectivity index (χ2n) is 11.5. The van der Waals surface area contributed by atoms with Gasteiger partial charge in [0.2, 0.25) is 11.8 Å². The Morgan fingerprint density at radius 3 is 2.52 bits per heavy atom. The molecule has 0 saturated carbocycles. The van der Waals surface area contributed by atoms with Crippen LogP contribution in [-0.4, -0.2) is 70.7 Å². The van der Waals surface area contributed by atoms with Gasteiger partial charge in [0.15, 0.2) is 0 Å². The Kier molecular flexibility index (Phi) is 9.83. The normalized spacial score (nSPS) is 20.8. The van der Waals surface area contributed by atoms with E-state index in [0.717, 1.165) is 80.7 Å². The lowest BCUT2D eigenvalue weighted by atomic mass is 9.91. The molecule has 2 saturated heterocycles. The monoisotopic (exact) mass is 738 g/mol. The Morgan fingerprint density at radius 1 is 1.05 bits per heavy atom. The van der Waals surface area contributed by atoms with Crippen LogP contribution in [0.4, 0.5) is 0 Å². The number of thioether (sulfide) groups is 1. The van der Waals surface area contributed by atoms with Crippen LogP contribution in [-0.2, 0) is 20.9 Å². The molecule has 0 radical (unpaired) electrons. The molecule has 2 N–H and O–H groups in total. The van der Waals surface area contributed by atoms with Gasteiger partial charge in [-0.1, -0.05) is 67.8 Å². The Morgan fingerprint density at radius 2 is 1.77 bits per heavy atom. The van der Waals surface area contributed by atoms with E-state index >= 15 is 0 Å². The number of H-pyrrole nitrogens is 1. The predicted octanol–water partition coefficient (Wildman–Crippen LogP) is 6.84. The topological polar surface area (TPSA) is 77.7 Å². The summed E-state index contributed by atoms with van der Waals surface area (Å²) in [6.07, 6.45) is 2.91. The molecule has 4 aromatic rings. The van der Waals surface area contributed by atoms with E-state index in [4.69, 9.17) is 4.74 Å². The second-order valence-corrected chi connectivity index (χ2v) is 14.8. The Balaban J connectivity index is 1.39. The molecule has 0 aliphatic carbocycles. The first-order valence-corrected chi connectivity index (χ1v) is 17.4. The summed E-state index contributed by atoms with van der Waals surface area (Å²) in [4.78, 5) is 37.4. The lowest BCUT2D eigenvalue weighted by Crippen LogP contribution is -2.48. The number of hydrogen-bond donors (Lipinski definition) is 2. The SMILES string of the molecule is Cc1ccc(SC2(C(=O)NCCCN3CCOCC3)CC(=O)N(Cc3ccc(Br)cc3)[C@H]2c2c[nH]c3cc(Br)ccc23)cc1. The fourth-order valence-electron chi connectivity index (χ4n) is 6.19. The Bertz CT molecular complexity index is 1620. The zero-order chi connectivity index (χ0) is 30.7. The second kappa shape index (κ2) is 13.8. The summed E-state index contributed by atoms with van der Waals surface area (Å²) >= 11 is 8.62. The zero-order valence-corrected chi connectivity index (χ0v) is 28.6. The smallest absolute Gasteiger partial charge is 0.239 e. The van der Waals surface area contributed by atoms with Crippen molar-refractivity contribution in [1.82, 2.24) is 20.1 Å². The van der Waals surface area contributed by atoms with Crippen molar-refractivity contribution in [3.63, 3.8) is 0 Å². The van der Waals surface area contributed by atoms with Gasteiger partial charge in [0.1, 0.15) is 4.75 Å². The van der Waals surface area contributed by atoms with Gasteiger partial charge in [0, 0.05) is 62.7 Å². The molecule has 6 rings (SSSR count). The number of aromatic nitrogens is 1. The van der Waals surface area contributed by atoms with Crippen LogP contribution in [0.1, 0.15) is 35.6 Å². The number of halogens is 2. The number of nitrogens with zero attached hydrogens (tertiary/aromatic N) is 2. The molecular weight excluding hydrogens is 704 g/mol. The van der Waals surface area contributed by atoms with Crippen molar-refractivity contribution in [1.29, 1.82) is 0 Å². The highest BCUT2D eigenvalue weighted by Gasteiger charge is 2.58. The fraction of sp³-hybridized carbons (Fsp3) is 0.353. The third-order valence-corrected chi connectivity index (χ3v) is 10.9. The first kappa shape index (κ1) is 31.4. The number of morpholine rings is 1. The van der Waals surface area contributed by atoms with Crippen molar-refractivity contribution < 1.29 is 14.3 Å². The Labute approximate surface area is 279 Å². The van der Waals surface area contributed by atoms with E-state index < -0.39 is 10.8 Å². The number of rotatable bonds is 10. The van der Waals surface area contributed by atoms with Crippen molar-refractivity contribution in [3.8, 4) is 0 Å².